The van der Waals surface area contributed by atoms with Gasteiger partial charge in [0.15, 0.2) is 0 Å². The van der Waals surface area contributed by atoms with E-state index in [1.807, 2.05) is 4.90 Å². The molecular formula is C20H27N6O2. The van der Waals surface area contributed by atoms with E-state index in [0.717, 1.165) is 32.1 Å². The maximum atomic E-state index is 12.5. The lowest BCUT2D eigenvalue weighted by atomic mass is 9.70. The minimum Gasteiger partial charge on any atom is -0.369 e. The molecule has 8 nitrogen and oxygen atoms in total. The average Bonchev–Trinajstić information content (AvgIpc) is 2.74. The molecule has 1 radical (unpaired) electrons. The molecule has 1 aromatic heterocycles. The third-order valence-electron chi connectivity index (χ3n) is 6.04. The number of nitrogens with one attached hydrogen (secondary N) is 1. The van der Waals surface area contributed by atoms with Crippen molar-refractivity contribution in [3.8, 4) is 6.07 Å². The number of carbonyl (C=O) groups excluding carboxylic acids is 2. The third kappa shape index (κ3) is 4.41. The van der Waals surface area contributed by atoms with Crippen molar-refractivity contribution in [1.82, 2.24) is 15.3 Å². The van der Waals surface area contributed by atoms with E-state index in [0.29, 0.717) is 38.3 Å². The number of nitrogens with two attached hydrogens (primary N) is 1. The summed E-state index contributed by atoms with van der Waals surface area (Å²) in [5, 5.41) is 12.6. The molecule has 8 heteroatoms. The minimum atomic E-state index is -0.911. The Bertz CT molecular complexity index is 731. The second-order valence-corrected chi connectivity index (χ2v) is 7.83. The summed E-state index contributed by atoms with van der Waals surface area (Å²) in [7, 11) is 0. The van der Waals surface area contributed by atoms with Crippen molar-refractivity contribution >= 4 is 17.8 Å². The van der Waals surface area contributed by atoms with E-state index in [1.165, 1.54) is 6.42 Å². The zero-order valence-corrected chi connectivity index (χ0v) is 16.1. The molecule has 0 unspecified atom stereocenters. The Labute approximate surface area is 165 Å². The highest BCUT2D eigenvalue weighted by molar-refractivity contribution is 5.88. The first-order chi connectivity index (χ1) is 13.5. The van der Waals surface area contributed by atoms with Crippen LogP contribution in [0.15, 0.2) is 18.5 Å². The molecule has 2 heterocycles. The van der Waals surface area contributed by atoms with Crippen molar-refractivity contribution in [3.63, 3.8) is 0 Å². The summed E-state index contributed by atoms with van der Waals surface area (Å²) in [6.45, 7) is 1.17. The van der Waals surface area contributed by atoms with Gasteiger partial charge in [-0.3, -0.25) is 9.59 Å². The molecule has 2 fully saturated rings. The summed E-state index contributed by atoms with van der Waals surface area (Å²) in [5.41, 5.74) is 4.10. The fraction of sp³-hybridized carbons (Fsp3) is 0.600. The lowest BCUT2D eigenvalue weighted by Gasteiger charge is -2.38. The predicted molar refractivity (Wildman–Crippen MR) is 104 cm³/mol. The first-order valence-electron chi connectivity index (χ1n) is 9.87. The van der Waals surface area contributed by atoms with Crippen LogP contribution >= 0.6 is 0 Å². The number of hydrogen-bond donors (Lipinski definition) is 2. The number of nitriles is 1. The molecule has 2 aliphatic rings. The number of carbonyl (C=O) groups is 2. The maximum absolute atomic E-state index is 12.5. The third-order valence-corrected chi connectivity index (χ3v) is 6.04. The Morgan fingerprint density at radius 2 is 1.82 bits per heavy atom. The van der Waals surface area contributed by atoms with E-state index in [9.17, 15) is 14.9 Å². The van der Waals surface area contributed by atoms with Crippen molar-refractivity contribution < 1.29 is 9.59 Å². The van der Waals surface area contributed by atoms with E-state index in [4.69, 9.17) is 5.73 Å². The highest BCUT2D eigenvalue weighted by Gasteiger charge is 2.40. The summed E-state index contributed by atoms with van der Waals surface area (Å²) in [6, 6.07) is 4.04. The number of primary amides is 1. The summed E-state index contributed by atoms with van der Waals surface area (Å²) < 4.78 is 0. The smallest absolute Gasteiger partial charge is 0.225 e. The molecule has 2 amide bonds. The van der Waals surface area contributed by atoms with Crippen molar-refractivity contribution in [2.75, 3.05) is 18.0 Å². The van der Waals surface area contributed by atoms with Crippen LogP contribution < -0.4 is 16.0 Å². The van der Waals surface area contributed by atoms with Gasteiger partial charge in [-0.2, -0.15) is 5.26 Å². The Kier molecular flexibility index (Phi) is 6.12. The molecule has 0 aromatic carbocycles. The highest BCUT2D eigenvalue weighted by atomic mass is 16.2. The van der Waals surface area contributed by atoms with Gasteiger partial charge in [-0.1, -0.05) is 19.3 Å². The van der Waals surface area contributed by atoms with Gasteiger partial charge < -0.3 is 16.0 Å². The van der Waals surface area contributed by atoms with Crippen LogP contribution in [-0.2, 0) is 9.59 Å². The van der Waals surface area contributed by atoms with Gasteiger partial charge in [0.25, 0.3) is 0 Å². The lowest BCUT2D eigenvalue weighted by molar-refractivity contribution is -0.130. The number of aromatic nitrogens is 2. The van der Waals surface area contributed by atoms with E-state index in [-0.39, 0.29) is 11.8 Å². The topological polar surface area (TPSA) is 125 Å². The van der Waals surface area contributed by atoms with Crippen LogP contribution in [0.5, 0.6) is 0 Å². The van der Waals surface area contributed by atoms with Crippen molar-refractivity contribution in [2.45, 2.75) is 56.9 Å². The van der Waals surface area contributed by atoms with Crippen LogP contribution in [0, 0.1) is 23.2 Å². The van der Waals surface area contributed by atoms with Gasteiger partial charge in [0.05, 0.1) is 12.5 Å². The number of hydrogen-bond acceptors (Lipinski definition) is 6. The number of piperidine rings is 1. The molecule has 3 rings (SSSR count). The summed E-state index contributed by atoms with van der Waals surface area (Å²) in [4.78, 5) is 35.0. The molecule has 0 bridgehead atoms. The van der Waals surface area contributed by atoms with Gasteiger partial charge >= 0.3 is 0 Å². The standard InChI is InChI=1S/C20H27N6O2/c21-15-20(9-13-26(14-10-20)18-23-11-4-12-24-18)25-16(27)5-8-19(17(22)28)6-2-1-3-7-19/h4-5,11-12H,1-3,6-10,13-14H2,(H2,22,28)(H,25,27). The second kappa shape index (κ2) is 8.55. The Hall–Kier alpha value is -2.69. The first-order valence-corrected chi connectivity index (χ1v) is 9.87. The van der Waals surface area contributed by atoms with Crippen molar-refractivity contribution in [3.05, 3.63) is 24.9 Å². The Morgan fingerprint density at radius 1 is 1.18 bits per heavy atom. The second-order valence-electron chi connectivity index (χ2n) is 7.83. The quantitative estimate of drug-likeness (QED) is 0.766. The minimum absolute atomic E-state index is 0.308. The molecule has 1 aliphatic heterocycles. The predicted octanol–water partition coefficient (Wildman–Crippen LogP) is 1.49. The number of nitrogens with zero attached hydrogens (tertiary/aromatic N) is 4. The number of anilines is 1. The normalized spacial score (nSPS) is 20.8. The van der Waals surface area contributed by atoms with Crippen LogP contribution in [0.4, 0.5) is 5.95 Å². The molecule has 1 saturated heterocycles. The van der Waals surface area contributed by atoms with Crippen LogP contribution in [-0.4, -0.2) is 40.4 Å². The van der Waals surface area contributed by atoms with E-state index in [1.54, 1.807) is 18.5 Å². The van der Waals surface area contributed by atoms with Gasteiger partial charge in [-0.25, -0.2) is 9.97 Å². The SMILES string of the molecule is N#CC1(NC(=O)[CH]CC2(C(N)=O)CCCCC2)CCN(c2ncccn2)CC1. The Balaban J connectivity index is 1.55. The molecule has 1 saturated carbocycles. The van der Waals surface area contributed by atoms with Gasteiger partial charge in [0, 0.05) is 43.7 Å². The maximum Gasteiger partial charge on any atom is 0.225 e. The number of amides is 2. The average molecular weight is 383 g/mol. The summed E-state index contributed by atoms with van der Waals surface area (Å²) in [6.07, 6.45) is 10.6. The van der Waals surface area contributed by atoms with Crippen LogP contribution in [0.1, 0.15) is 51.4 Å². The van der Waals surface area contributed by atoms with Gasteiger partial charge in [-0.15, -0.1) is 0 Å². The van der Waals surface area contributed by atoms with E-state index < -0.39 is 11.0 Å². The molecule has 28 heavy (non-hydrogen) atoms. The first kappa shape index (κ1) is 20.1. The summed E-state index contributed by atoms with van der Waals surface area (Å²) >= 11 is 0. The van der Waals surface area contributed by atoms with Crippen molar-refractivity contribution in [2.24, 2.45) is 11.1 Å². The largest absolute Gasteiger partial charge is 0.369 e. The van der Waals surface area contributed by atoms with E-state index >= 15 is 0 Å². The lowest BCUT2D eigenvalue weighted by Crippen LogP contribution is -2.55. The molecule has 0 atom stereocenters. The van der Waals surface area contributed by atoms with Crippen LogP contribution in [0.2, 0.25) is 0 Å². The molecule has 149 valence electrons. The van der Waals surface area contributed by atoms with E-state index in [2.05, 4.69) is 21.4 Å². The fourth-order valence-corrected chi connectivity index (χ4v) is 4.16. The van der Waals surface area contributed by atoms with Crippen molar-refractivity contribution in [1.29, 1.82) is 5.26 Å². The molecule has 1 aliphatic carbocycles. The zero-order chi connectivity index (χ0) is 20.0. The number of rotatable bonds is 6. The van der Waals surface area contributed by atoms with Crippen LogP contribution in [0.25, 0.3) is 0 Å². The zero-order valence-electron chi connectivity index (χ0n) is 16.1. The van der Waals surface area contributed by atoms with Gasteiger partial charge in [0.2, 0.25) is 17.8 Å². The van der Waals surface area contributed by atoms with Gasteiger partial charge in [-0.05, 0) is 25.3 Å². The van der Waals surface area contributed by atoms with Crippen LogP contribution in [0.3, 0.4) is 0 Å². The molecule has 0 spiro atoms. The molecular weight excluding hydrogens is 356 g/mol. The Morgan fingerprint density at radius 3 is 2.39 bits per heavy atom. The fourth-order valence-electron chi connectivity index (χ4n) is 4.16. The molecule has 1 aromatic rings. The summed E-state index contributed by atoms with van der Waals surface area (Å²) in [5.74, 6) is -0.00722. The molecule has 3 N–H and O–H groups in total. The van der Waals surface area contributed by atoms with Gasteiger partial charge in [0.1, 0.15) is 5.54 Å². The monoisotopic (exact) mass is 383 g/mol. The highest BCUT2D eigenvalue weighted by Crippen LogP contribution is 2.39.